The molecule has 0 heterocycles. The van der Waals surface area contributed by atoms with Crippen molar-refractivity contribution in [1.82, 2.24) is 0 Å². The number of carbonyl (C=O) groups is 2. The van der Waals surface area contributed by atoms with E-state index in [0.29, 0.717) is 0 Å². The van der Waals surface area contributed by atoms with Crippen molar-refractivity contribution in [2.75, 3.05) is 14.2 Å². The summed E-state index contributed by atoms with van der Waals surface area (Å²) in [5.41, 5.74) is 0. The summed E-state index contributed by atoms with van der Waals surface area (Å²) in [6, 6.07) is 21.4. The Hall–Kier alpha value is -2.88. The number of methoxy groups -OCH3 is 2. The molecule has 4 nitrogen and oxygen atoms in total. The maximum absolute atomic E-state index is 9.59. The van der Waals surface area contributed by atoms with Crippen molar-refractivity contribution in [3.8, 4) is 0 Å². The molecule has 0 spiro atoms. The lowest BCUT2D eigenvalue weighted by atomic mass is 10.0. The fourth-order valence-electron chi connectivity index (χ4n) is 1.88. The molecule has 3 aromatic rings. The molecule has 0 saturated heterocycles. The average molecular weight is 356 g/mol. The fraction of sp³-hybridized carbons (Fsp3) is 0.273. The van der Waals surface area contributed by atoms with Gasteiger partial charge in [0.15, 0.2) is 0 Å². The van der Waals surface area contributed by atoms with E-state index >= 15 is 0 Å². The molecule has 140 valence electrons. The van der Waals surface area contributed by atoms with Crippen LogP contribution >= 0.6 is 0 Å². The van der Waals surface area contributed by atoms with E-state index in [4.69, 9.17) is 0 Å². The molecule has 26 heavy (non-hydrogen) atoms. The maximum Gasteiger partial charge on any atom is 0.302 e. The lowest BCUT2D eigenvalue weighted by molar-refractivity contribution is -0.138. The first-order chi connectivity index (χ1) is 12.5. The second-order valence-corrected chi connectivity index (χ2v) is 4.94. The summed E-state index contributed by atoms with van der Waals surface area (Å²) >= 11 is 0. The van der Waals surface area contributed by atoms with Crippen LogP contribution in [0.15, 0.2) is 60.7 Å². The Kier molecular flexibility index (Phi) is 11.9. The van der Waals surface area contributed by atoms with E-state index < -0.39 is 0 Å². The summed E-state index contributed by atoms with van der Waals surface area (Å²) in [5, 5.41) is 5.25. The second kappa shape index (κ2) is 13.4. The van der Waals surface area contributed by atoms with Crippen molar-refractivity contribution in [1.29, 1.82) is 0 Å². The van der Waals surface area contributed by atoms with Crippen molar-refractivity contribution in [2.24, 2.45) is 0 Å². The van der Waals surface area contributed by atoms with E-state index in [1.54, 1.807) is 0 Å². The van der Waals surface area contributed by atoms with Crippen molar-refractivity contribution in [2.45, 2.75) is 27.7 Å². The van der Waals surface area contributed by atoms with Crippen LogP contribution in [0.2, 0.25) is 0 Å². The van der Waals surface area contributed by atoms with Crippen molar-refractivity contribution < 1.29 is 19.1 Å². The van der Waals surface area contributed by atoms with Crippen LogP contribution in [0.3, 0.4) is 0 Å². The highest BCUT2D eigenvalue weighted by Gasteiger charge is 1.95. The van der Waals surface area contributed by atoms with E-state index in [0.717, 1.165) is 0 Å². The Morgan fingerprint density at radius 3 is 0.962 bits per heavy atom. The van der Waals surface area contributed by atoms with Crippen molar-refractivity contribution in [3.63, 3.8) is 0 Å². The minimum Gasteiger partial charge on any atom is -0.469 e. The molecule has 0 aromatic heterocycles. The summed E-state index contributed by atoms with van der Waals surface area (Å²) in [5.74, 6) is -0.491. The molecule has 0 aliphatic rings. The van der Waals surface area contributed by atoms with Gasteiger partial charge in [0.1, 0.15) is 0 Å². The lowest BCUT2D eigenvalue weighted by Crippen LogP contribution is -1.88. The molecule has 0 aliphatic carbocycles. The number of fused-ring (bicyclic) bond motifs is 2. The summed E-state index contributed by atoms with van der Waals surface area (Å²) in [6.45, 7) is 6.72. The van der Waals surface area contributed by atoms with Gasteiger partial charge in [0.05, 0.1) is 14.2 Å². The summed E-state index contributed by atoms with van der Waals surface area (Å²) in [7, 11) is 2.70. The Morgan fingerprint density at radius 2 is 0.808 bits per heavy atom. The maximum atomic E-state index is 9.59. The summed E-state index contributed by atoms with van der Waals surface area (Å²) in [4.78, 5) is 19.2. The van der Waals surface area contributed by atoms with E-state index in [1.807, 2.05) is 13.8 Å². The molecule has 4 heteroatoms. The van der Waals surface area contributed by atoms with E-state index in [1.165, 1.54) is 49.6 Å². The molecule has 0 unspecified atom stereocenters. The SMILES string of the molecule is CC.COC(C)=O.COC(C)=O.c1ccc2cc3ccccc3cc2c1. The topological polar surface area (TPSA) is 52.6 Å². The van der Waals surface area contributed by atoms with Gasteiger partial charge in [-0.25, -0.2) is 0 Å². The number of benzene rings is 3. The molecule has 3 aromatic carbocycles. The third-order valence-electron chi connectivity index (χ3n) is 3.19. The predicted octanol–water partition coefficient (Wildman–Crippen LogP) is 5.38. The van der Waals surface area contributed by atoms with E-state index in [2.05, 4.69) is 70.1 Å². The van der Waals surface area contributed by atoms with Gasteiger partial charge in [0, 0.05) is 13.8 Å². The van der Waals surface area contributed by atoms with Crippen LogP contribution in [0.1, 0.15) is 27.7 Å². The van der Waals surface area contributed by atoms with E-state index in [-0.39, 0.29) is 11.9 Å². The highest BCUT2D eigenvalue weighted by Crippen LogP contribution is 2.21. The normalized spacial score (nSPS) is 8.69. The summed E-state index contributed by atoms with van der Waals surface area (Å²) in [6.07, 6.45) is 0. The zero-order chi connectivity index (χ0) is 19.9. The zero-order valence-corrected chi connectivity index (χ0v) is 16.4. The van der Waals surface area contributed by atoms with Gasteiger partial charge in [-0.3, -0.25) is 9.59 Å². The summed E-state index contributed by atoms with van der Waals surface area (Å²) < 4.78 is 8.22. The molecule has 0 fully saturated rings. The van der Waals surface area contributed by atoms with Crippen LogP contribution in [-0.4, -0.2) is 26.2 Å². The Morgan fingerprint density at radius 1 is 0.615 bits per heavy atom. The molecule has 0 saturated carbocycles. The molecule has 0 aliphatic heterocycles. The number of esters is 2. The van der Waals surface area contributed by atoms with Crippen LogP contribution in [-0.2, 0) is 19.1 Å². The molecule has 0 bridgehead atoms. The van der Waals surface area contributed by atoms with Crippen LogP contribution < -0.4 is 0 Å². The first-order valence-corrected chi connectivity index (χ1v) is 8.44. The lowest BCUT2D eigenvalue weighted by Gasteiger charge is -2.00. The average Bonchev–Trinajstić information content (AvgIpc) is 2.68. The molecule has 0 atom stereocenters. The van der Waals surface area contributed by atoms with Gasteiger partial charge in [-0.05, 0) is 33.7 Å². The standard InChI is InChI=1S/C14H10.2C3H6O2.C2H6/c1-2-6-12-10-14-8-4-3-7-13(14)9-11(12)5-1;2*1-3(4)5-2;1-2/h1-10H;2*1-2H3;1-2H3. The first-order valence-electron chi connectivity index (χ1n) is 8.44. The van der Waals surface area contributed by atoms with Crippen LogP contribution in [0.5, 0.6) is 0 Å². The van der Waals surface area contributed by atoms with Crippen LogP contribution in [0, 0.1) is 0 Å². The second-order valence-electron chi connectivity index (χ2n) is 4.94. The zero-order valence-electron chi connectivity index (χ0n) is 16.4. The van der Waals surface area contributed by atoms with Crippen LogP contribution in [0.25, 0.3) is 21.5 Å². The number of carbonyl (C=O) groups excluding carboxylic acids is 2. The van der Waals surface area contributed by atoms with Gasteiger partial charge in [-0.2, -0.15) is 0 Å². The molecular formula is C22H28O4. The van der Waals surface area contributed by atoms with Crippen molar-refractivity contribution in [3.05, 3.63) is 60.7 Å². The Bertz CT molecular complexity index is 690. The van der Waals surface area contributed by atoms with E-state index in [9.17, 15) is 9.59 Å². The Labute approximate surface area is 155 Å². The minimum absolute atomic E-state index is 0.245. The highest BCUT2D eigenvalue weighted by molar-refractivity contribution is 5.98. The van der Waals surface area contributed by atoms with Gasteiger partial charge in [0.25, 0.3) is 0 Å². The van der Waals surface area contributed by atoms with Gasteiger partial charge < -0.3 is 9.47 Å². The monoisotopic (exact) mass is 356 g/mol. The highest BCUT2D eigenvalue weighted by atomic mass is 16.5. The van der Waals surface area contributed by atoms with Crippen molar-refractivity contribution >= 4 is 33.5 Å². The quantitative estimate of drug-likeness (QED) is 0.401. The van der Waals surface area contributed by atoms with Gasteiger partial charge in [-0.1, -0.05) is 62.4 Å². The minimum atomic E-state index is -0.245. The van der Waals surface area contributed by atoms with Gasteiger partial charge in [0.2, 0.25) is 0 Å². The smallest absolute Gasteiger partial charge is 0.302 e. The molecule has 3 rings (SSSR count). The van der Waals surface area contributed by atoms with Crippen LogP contribution in [0.4, 0.5) is 0 Å². The Balaban J connectivity index is 0.000000439. The molecule has 0 amide bonds. The largest absolute Gasteiger partial charge is 0.469 e. The predicted molar refractivity (Wildman–Crippen MR) is 108 cm³/mol. The molecule has 0 N–H and O–H groups in total. The number of hydrogen-bond donors (Lipinski definition) is 0. The number of ether oxygens (including phenoxy) is 2. The third kappa shape index (κ3) is 8.83. The van der Waals surface area contributed by atoms with Gasteiger partial charge in [-0.15, -0.1) is 0 Å². The third-order valence-corrected chi connectivity index (χ3v) is 3.19. The fourth-order valence-corrected chi connectivity index (χ4v) is 1.88. The number of hydrogen-bond acceptors (Lipinski definition) is 4. The first kappa shape index (κ1) is 23.1. The van der Waals surface area contributed by atoms with Gasteiger partial charge >= 0.3 is 11.9 Å². The number of rotatable bonds is 0. The molecule has 0 radical (unpaired) electrons. The molecular weight excluding hydrogens is 328 g/mol.